The highest BCUT2D eigenvalue weighted by molar-refractivity contribution is 5.77. The van der Waals surface area contributed by atoms with Crippen LogP contribution in [0.3, 0.4) is 0 Å². The van der Waals surface area contributed by atoms with Gasteiger partial charge in [-0.05, 0) is 29.7 Å². The van der Waals surface area contributed by atoms with E-state index in [1.165, 1.54) is 5.56 Å². The van der Waals surface area contributed by atoms with Gasteiger partial charge in [-0.1, -0.05) is 42.5 Å². The number of aliphatic hydroxyl groups excluding tert-OH is 1. The zero-order valence-electron chi connectivity index (χ0n) is 15.9. The summed E-state index contributed by atoms with van der Waals surface area (Å²) in [5.74, 6) is 0.977. The number of nitrogens with zero attached hydrogens (tertiary/aromatic N) is 2. The molecule has 0 spiro atoms. The van der Waals surface area contributed by atoms with Crippen LogP contribution >= 0.6 is 0 Å². The van der Waals surface area contributed by atoms with Crippen LogP contribution in [0.4, 0.5) is 0 Å². The molecule has 1 fully saturated rings. The summed E-state index contributed by atoms with van der Waals surface area (Å²) in [6.45, 7) is 2.99. The van der Waals surface area contributed by atoms with E-state index < -0.39 is 0 Å². The molecule has 5 heteroatoms. The summed E-state index contributed by atoms with van der Waals surface area (Å²) in [6.07, 6.45) is 1.17. The fourth-order valence-electron chi connectivity index (χ4n) is 3.58. The summed E-state index contributed by atoms with van der Waals surface area (Å²) in [7, 11) is 1.66. The Kier molecular flexibility index (Phi) is 6.85. The van der Waals surface area contributed by atoms with Crippen LogP contribution in [0.1, 0.15) is 17.5 Å². The molecule has 1 amide bonds. The summed E-state index contributed by atoms with van der Waals surface area (Å²) >= 11 is 0. The van der Waals surface area contributed by atoms with Crippen molar-refractivity contribution >= 4 is 5.91 Å². The summed E-state index contributed by atoms with van der Waals surface area (Å²) in [4.78, 5) is 16.8. The largest absolute Gasteiger partial charge is 0.497 e. The van der Waals surface area contributed by atoms with Gasteiger partial charge in [0.1, 0.15) is 5.75 Å². The molecule has 0 aromatic heterocycles. The minimum Gasteiger partial charge on any atom is -0.497 e. The fourth-order valence-corrected chi connectivity index (χ4v) is 3.58. The van der Waals surface area contributed by atoms with Crippen LogP contribution < -0.4 is 4.74 Å². The molecule has 0 aliphatic carbocycles. The SMILES string of the molecule is COc1ccc(CN2CCC(=O)N([C@H](CO)Cc3ccccc3)CC2)cc1. The van der Waals surface area contributed by atoms with E-state index in [0.717, 1.165) is 30.9 Å². The number of amides is 1. The van der Waals surface area contributed by atoms with E-state index in [9.17, 15) is 9.90 Å². The van der Waals surface area contributed by atoms with E-state index in [2.05, 4.69) is 17.0 Å². The highest BCUT2D eigenvalue weighted by atomic mass is 16.5. The van der Waals surface area contributed by atoms with Gasteiger partial charge in [0, 0.05) is 32.6 Å². The first kappa shape index (κ1) is 19.4. The first-order chi connectivity index (χ1) is 13.2. The van der Waals surface area contributed by atoms with Crippen molar-refractivity contribution in [2.24, 2.45) is 0 Å². The number of ether oxygens (including phenoxy) is 1. The Morgan fingerprint density at radius 1 is 1.00 bits per heavy atom. The first-order valence-electron chi connectivity index (χ1n) is 9.49. The number of aliphatic hydroxyl groups is 1. The molecule has 1 saturated heterocycles. The van der Waals surface area contributed by atoms with E-state index in [4.69, 9.17) is 4.74 Å². The Hall–Kier alpha value is -2.37. The summed E-state index contributed by atoms with van der Waals surface area (Å²) in [5, 5.41) is 9.88. The molecule has 5 nitrogen and oxygen atoms in total. The third-order valence-electron chi connectivity index (χ3n) is 5.15. The molecule has 1 heterocycles. The average molecular weight is 368 g/mol. The predicted molar refractivity (Wildman–Crippen MR) is 106 cm³/mol. The second kappa shape index (κ2) is 9.53. The second-order valence-corrected chi connectivity index (χ2v) is 6.99. The molecule has 27 heavy (non-hydrogen) atoms. The highest BCUT2D eigenvalue weighted by Crippen LogP contribution is 2.17. The van der Waals surface area contributed by atoms with Crippen molar-refractivity contribution in [3.63, 3.8) is 0 Å². The Balaban J connectivity index is 1.61. The first-order valence-corrected chi connectivity index (χ1v) is 9.49. The monoisotopic (exact) mass is 368 g/mol. The van der Waals surface area contributed by atoms with Crippen LogP contribution in [0.2, 0.25) is 0 Å². The van der Waals surface area contributed by atoms with Gasteiger partial charge in [0.25, 0.3) is 0 Å². The molecular formula is C22H28N2O3. The lowest BCUT2D eigenvalue weighted by Crippen LogP contribution is -2.44. The van der Waals surface area contributed by atoms with Crippen molar-refractivity contribution in [2.75, 3.05) is 33.4 Å². The lowest BCUT2D eigenvalue weighted by molar-refractivity contribution is -0.133. The van der Waals surface area contributed by atoms with Gasteiger partial charge in [-0.2, -0.15) is 0 Å². The molecule has 0 saturated carbocycles. The number of benzene rings is 2. The van der Waals surface area contributed by atoms with E-state index in [1.807, 2.05) is 47.4 Å². The van der Waals surface area contributed by atoms with E-state index >= 15 is 0 Å². The molecule has 0 radical (unpaired) electrons. The average Bonchev–Trinajstić information content (AvgIpc) is 2.89. The molecule has 144 valence electrons. The van der Waals surface area contributed by atoms with Crippen molar-refractivity contribution in [1.82, 2.24) is 9.80 Å². The van der Waals surface area contributed by atoms with Gasteiger partial charge in [0.15, 0.2) is 0 Å². The van der Waals surface area contributed by atoms with Crippen LogP contribution in [0.25, 0.3) is 0 Å². The number of methoxy groups -OCH3 is 1. The minimum absolute atomic E-state index is 0.0148. The van der Waals surface area contributed by atoms with Crippen LogP contribution in [0, 0.1) is 0 Å². The minimum atomic E-state index is -0.166. The van der Waals surface area contributed by atoms with Crippen LogP contribution in [-0.2, 0) is 17.8 Å². The molecule has 1 aliphatic heterocycles. The highest BCUT2D eigenvalue weighted by Gasteiger charge is 2.27. The van der Waals surface area contributed by atoms with E-state index in [-0.39, 0.29) is 18.6 Å². The number of hydrogen-bond donors (Lipinski definition) is 1. The third-order valence-corrected chi connectivity index (χ3v) is 5.15. The Morgan fingerprint density at radius 2 is 1.74 bits per heavy atom. The normalized spacial score (nSPS) is 16.8. The number of rotatable bonds is 7. The van der Waals surface area contributed by atoms with Gasteiger partial charge in [-0.3, -0.25) is 9.69 Å². The van der Waals surface area contributed by atoms with Crippen molar-refractivity contribution in [3.8, 4) is 5.75 Å². The molecule has 1 aliphatic rings. The summed E-state index contributed by atoms with van der Waals surface area (Å²) < 4.78 is 5.21. The Bertz CT molecular complexity index is 718. The van der Waals surface area contributed by atoms with Crippen molar-refractivity contribution in [3.05, 3.63) is 65.7 Å². The standard InChI is InChI=1S/C22H28N2O3/c1-27-21-9-7-19(8-10-21)16-23-12-11-22(26)24(14-13-23)20(17-25)15-18-5-3-2-4-6-18/h2-10,20,25H,11-17H2,1H3/t20-/m0/s1. The van der Waals surface area contributed by atoms with Gasteiger partial charge in [0.2, 0.25) is 5.91 Å². The zero-order valence-corrected chi connectivity index (χ0v) is 15.9. The van der Waals surface area contributed by atoms with Crippen LogP contribution in [-0.4, -0.2) is 60.2 Å². The fraction of sp³-hybridized carbons (Fsp3) is 0.409. The number of carbonyl (C=O) groups excluding carboxylic acids is 1. The maximum atomic E-state index is 12.7. The summed E-state index contributed by atoms with van der Waals surface area (Å²) in [5.41, 5.74) is 2.35. The van der Waals surface area contributed by atoms with Crippen molar-refractivity contribution in [2.45, 2.75) is 25.4 Å². The molecule has 0 bridgehead atoms. The van der Waals surface area contributed by atoms with Crippen LogP contribution in [0.5, 0.6) is 5.75 Å². The van der Waals surface area contributed by atoms with Gasteiger partial charge in [-0.25, -0.2) is 0 Å². The Labute approximate surface area is 161 Å². The molecule has 0 unspecified atom stereocenters. The van der Waals surface area contributed by atoms with E-state index in [1.54, 1.807) is 7.11 Å². The van der Waals surface area contributed by atoms with Gasteiger partial charge in [-0.15, -0.1) is 0 Å². The van der Waals surface area contributed by atoms with Crippen LogP contribution in [0.15, 0.2) is 54.6 Å². The van der Waals surface area contributed by atoms with Gasteiger partial charge in [0.05, 0.1) is 19.8 Å². The maximum absolute atomic E-state index is 12.7. The molecule has 2 aromatic carbocycles. The quantitative estimate of drug-likeness (QED) is 0.815. The zero-order chi connectivity index (χ0) is 19.1. The lowest BCUT2D eigenvalue weighted by atomic mass is 10.0. The van der Waals surface area contributed by atoms with Gasteiger partial charge >= 0.3 is 0 Å². The number of hydrogen-bond acceptors (Lipinski definition) is 4. The van der Waals surface area contributed by atoms with Crippen molar-refractivity contribution < 1.29 is 14.6 Å². The third kappa shape index (κ3) is 5.31. The number of carbonyl (C=O) groups is 1. The smallest absolute Gasteiger partial charge is 0.224 e. The maximum Gasteiger partial charge on any atom is 0.224 e. The molecule has 3 rings (SSSR count). The molecule has 1 N–H and O–H groups in total. The Morgan fingerprint density at radius 3 is 2.41 bits per heavy atom. The second-order valence-electron chi connectivity index (χ2n) is 6.99. The molecular weight excluding hydrogens is 340 g/mol. The molecule has 1 atom stereocenters. The van der Waals surface area contributed by atoms with Gasteiger partial charge < -0.3 is 14.7 Å². The van der Waals surface area contributed by atoms with Crippen molar-refractivity contribution in [1.29, 1.82) is 0 Å². The lowest BCUT2D eigenvalue weighted by Gasteiger charge is -2.30. The predicted octanol–water partition coefficient (Wildman–Crippen LogP) is 2.33. The summed E-state index contributed by atoms with van der Waals surface area (Å²) in [6, 6.07) is 17.9. The topological polar surface area (TPSA) is 53.0 Å². The molecule has 2 aromatic rings. The van der Waals surface area contributed by atoms with E-state index in [0.29, 0.717) is 19.4 Å².